The summed E-state index contributed by atoms with van der Waals surface area (Å²) in [6, 6.07) is 23.5. The first-order chi connectivity index (χ1) is 19.0. The molecule has 0 aliphatic rings. The smallest absolute Gasteiger partial charge is 0.341 e. The van der Waals surface area contributed by atoms with Crippen LogP contribution in [-0.2, 0) is 14.3 Å². The quantitative estimate of drug-likeness (QED) is 0.0785. The summed E-state index contributed by atoms with van der Waals surface area (Å²) in [6.45, 7) is 7.48. The molecule has 0 amide bonds. The zero-order valence-electron chi connectivity index (χ0n) is 22.0. The number of benzene rings is 3. The molecule has 0 spiro atoms. The van der Waals surface area contributed by atoms with Gasteiger partial charge in [-0.05, 0) is 72.2 Å². The van der Waals surface area contributed by atoms with Crippen molar-refractivity contribution in [3.05, 3.63) is 109 Å². The van der Waals surface area contributed by atoms with Crippen LogP contribution in [0.15, 0.2) is 97.6 Å². The highest BCUT2D eigenvalue weighted by molar-refractivity contribution is 5.89. The van der Waals surface area contributed by atoms with E-state index in [1.807, 2.05) is 36.4 Å². The van der Waals surface area contributed by atoms with Gasteiger partial charge >= 0.3 is 11.9 Å². The SMILES string of the molecule is C=CC(=O)OCCCCCCOc1ccc(-c2ccc(/C=C/c3ccc(OC(=O)C(=C)CO)cc3)cc2)cc1. The predicted octanol–water partition coefficient (Wildman–Crippen LogP) is 6.65. The molecule has 0 saturated heterocycles. The fourth-order valence-electron chi connectivity index (χ4n) is 3.59. The highest BCUT2D eigenvalue weighted by Crippen LogP contribution is 2.24. The summed E-state index contributed by atoms with van der Waals surface area (Å²) < 4.78 is 16.0. The first kappa shape index (κ1) is 29.1. The van der Waals surface area contributed by atoms with Crippen LogP contribution in [-0.4, -0.2) is 36.9 Å². The normalized spacial score (nSPS) is 10.7. The summed E-state index contributed by atoms with van der Waals surface area (Å²) in [5.41, 5.74) is 4.27. The summed E-state index contributed by atoms with van der Waals surface area (Å²) in [6.07, 6.45) is 8.99. The van der Waals surface area contributed by atoms with Crippen molar-refractivity contribution >= 4 is 24.1 Å². The fourth-order valence-corrected chi connectivity index (χ4v) is 3.59. The van der Waals surface area contributed by atoms with Gasteiger partial charge in [0.05, 0.1) is 25.4 Å². The Balaban J connectivity index is 1.42. The van der Waals surface area contributed by atoms with Crippen molar-refractivity contribution < 1.29 is 28.9 Å². The molecule has 3 aromatic carbocycles. The summed E-state index contributed by atoms with van der Waals surface area (Å²) in [4.78, 5) is 22.7. The average Bonchev–Trinajstić information content (AvgIpc) is 2.98. The summed E-state index contributed by atoms with van der Waals surface area (Å²) in [7, 11) is 0. The van der Waals surface area contributed by atoms with Gasteiger partial charge in [0.15, 0.2) is 0 Å². The second kappa shape index (κ2) is 15.7. The molecule has 0 fully saturated rings. The average molecular weight is 527 g/mol. The standard InChI is InChI=1S/C33H34O6/c1-3-32(35)38-23-7-5-4-6-22-37-30-20-16-29(17-21-30)28-14-10-26(11-15-28)8-9-27-12-18-31(19-13-27)39-33(36)25(2)24-34/h3,8-21,34H,1-2,4-7,22-24H2/b9-8+. The lowest BCUT2D eigenvalue weighted by Crippen LogP contribution is -2.12. The maximum atomic E-state index is 11.7. The van der Waals surface area contributed by atoms with Crippen LogP contribution in [0, 0.1) is 0 Å². The van der Waals surface area contributed by atoms with E-state index in [0.29, 0.717) is 19.0 Å². The molecule has 1 N–H and O–H groups in total. The molecule has 3 rings (SSSR count). The van der Waals surface area contributed by atoms with E-state index in [2.05, 4.69) is 49.6 Å². The van der Waals surface area contributed by atoms with E-state index < -0.39 is 12.6 Å². The van der Waals surface area contributed by atoms with Crippen LogP contribution in [0.2, 0.25) is 0 Å². The molecule has 0 aliphatic carbocycles. The zero-order chi connectivity index (χ0) is 27.9. The number of esters is 2. The highest BCUT2D eigenvalue weighted by atomic mass is 16.5. The van der Waals surface area contributed by atoms with Gasteiger partial charge in [0.1, 0.15) is 11.5 Å². The fraction of sp³-hybridized carbons (Fsp3) is 0.212. The van der Waals surface area contributed by atoms with Gasteiger partial charge in [-0.1, -0.05) is 73.8 Å². The Morgan fingerprint density at radius 2 is 1.23 bits per heavy atom. The molecule has 0 unspecified atom stereocenters. The third kappa shape index (κ3) is 10.1. The highest BCUT2D eigenvalue weighted by Gasteiger charge is 2.08. The summed E-state index contributed by atoms with van der Waals surface area (Å²) >= 11 is 0. The van der Waals surface area contributed by atoms with Gasteiger partial charge in [-0.25, -0.2) is 9.59 Å². The maximum absolute atomic E-state index is 11.7. The Bertz CT molecular complexity index is 1260. The largest absolute Gasteiger partial charge is 0.494 e. The second-order valence-corrected chi connectivity index (χ2v) is 8.83. The van der Waals surface area contributed by atoms with Gasteiger partial charge in [0.25, 0.3) is 0 Å². The van der Waals surface area contributed by atoms with Crippen LogP contribution < -0.4 is 9.47 Å². The second-order valence-electron chi connectivity index (χ2n) is 8.83. The van der Waals surface area contributed by atoms with Crippen LogP contribution in [0.3, 0.4) is 0 Å². The van der Waals surface area contributed by atoms with E-state index in [9.17, 15) is 9.59 Å². The minimum Gasteiger partial charge on any atom is -0.494 e. The van der Waals surface area contributed by atoms with Crippen molar-refractivity contribution in [3.63, 3.8) is 0 Å². The number of aliphatic hydroxyl groups is 1. The number of rotatable bonds is 15. The first-order valence-electron chi connectivity index (χ1n) is 12.9. The van der Waals surface area contributed by atoms with E-state index in [0.717, 1.165) is 53.7 Å². The van der Waals surface area contributed by atoms with Gasteiger partial charge in [-0.3, -0.25) is 0 Å². The molecule has 3 aromatic rings. The van der Waals surface area contributed by atoms with Crippen LogP contribution in [0.25, 0.3) is 23.3 Å². The number of hydrogen-bond acceptors (Lipinski definition) is 6. The van der Waals surface area contributed by atoms with Gasteiger partial charge in [-0.2, -0.15) is 0 Å². The molecule has 0 heterocycles. The number of hydrogen-bond donors (Lipinski definition) is 1. The Morgan fingerprint density at radius 3 is 1.79 bits per heavy atom. The Labute approximate surface area is 229 Å². The molecule has 0 radical (unpaired) electrons. The molecular formula is C33H34O6. The van der Waals surface area contributed by atoms with Crippen molar-refractivity contribution in [3.8, 4) is 22.6 Å². The molecule has 0 bridgehead atoms. The predicted molar refractivity (Wildman–Crippen MR) is 154 cm³/mol. The molecule has 6 nitrogen and oxygen atoms in total. The summed E-state index contributed by atoms with van der Waals surface area (Å²) in [5.74, 6) is 0.228. The van der Waals surface area contributed by atoms with Crippen molar-refractivity contribution in [1.29, 1.82) is 0 Å². The minimum atomic E-state index is -0.642. The Kier molecular flexibility index (Phi) is 11.8. The number of carbonyl (C=O) groups excluding carboxylic acids is 2. The van der Waals surface area contributed by atoms with Gasteiger partial charge in [-0.15, -0.1) is 0 Å². The lowest BCUT2D eigenvalue weighted by Gasteiger charge is -2.08. The van der Waals surface area contributed by atoms with Gasteiger partial charge in [0, 0.05) is 6.08 Å². The van der Waals surface area contributed by atoms with Crippen LogP contribution in [0.5, 0.6) is 11.5 Å². The van der Waals surface area contributed by atoms with E-state index in [-0.39, 0.29) is 11.5 Å². The maximum Gasteiger partial charge on any atom is 0.341 e. The lowest BCUT2D eigenvalue weighted by atomic mass is 10.0. The number of ether oxygens (including phenoxy) is 3. The van der Waals surface area contributed by atoms with Crippen molar-refractivity contribution in [2.24, 2.45) is 0 Å². The van der Waals surface area contributed by atoms with Crippen molar-refractivity contribution in [1.82, 2.24) is 0 Å². The molecule has 0 aromatic heterocycles. The number of unbranched alkanes of at least 4 members (excludes halogenated alkanes) is 3. The Hall–Kier alpha value is -4.42. The molecule has 0 saturated carbocycles. The van der Waals surface area contributed by atoms with Crippen LogP contribution >= 0.6 is 0 Å². The van der Waals surface area contributed by atoms with E-state index in [1.165, 1.54) is 6.08 Å². The molecular weight excluding hydrogens is 492 g/mol. The number of aliphatic hydroxyl groups excluding tert-OH is 1. The third-order valence-electron chi connectivity index (χ3n) is 5.86. The lowest BCUT2D eigenvalue weighted by molar-refractivity contribution is -0.137. The topological polar surface area (TPSA) is 82.1 Å². The minimum absolute atomic E-state index is 0.0111. The molecule has 0 aliphatic heterocycles. The Morgan fingerprint density at radius 1 is 0.718 bits per heavy atom. The van der Waals surface area contributed by atoms with E-state index in [1.54, 1.807) is 12.1 Å². The first-order valence-corrected chi connectivity index (χ1v) is 12.9. The molecule has 202 valence electrons. The van der Waals surface area contributed by atoms with Crippen LogP contribution in [0.1, 0.15) is 36.8 Å². The van der Waals surface area contributed by atoms with Gasteiger partial charge < -0.3 is 19.3 Å². The van der Waals surface area contributed by atoms with Crippen molar-refractivity contribution in [2.45, 2.75) is 25.7 Å². The number of carbonyl (C=O) groups is 2. The van der Waals surface area contributed by atoms with Gasteiger partial charge in [0.2, 0.25) is 0 Å². The third-order valence-corrected chi connectivity index (χ3v) is 5.86. The monoisotopic (exact) mass is 526 g/mol. The molecule has 39 heavy (non-hydrogen) atoms. The summed E-state index contributed by atoms with van der Waals surface area (Å²) in [5, 5.41) is 8.95. The van der Waals surface area contributed by atoms with Crippen molar-refractivity contribution in [2.75, 3.05) is 19.8 Å². The molecule has 6 heteroatoms. The van der Waals surface area contributed by atoms with E-state index in [4.69, 9.17) is 19.3 Å². The zero-order valence-corrected chi connectivity index (χ0v) is 22.0. The van der Waals surface area contributed by atoms with Crippen LogP contribution in [0.4, 0.5) is 0 Å². The van der Waals surface area contributed by atoms with E-state index >= 15 is 0 Å². The molecule has 0 atom stereocenters.